The maximum absolute atomic E-state index is 10.3. The fourth-order valence-electron chi connectivity index (χ4n) is 0.247. The van der Waals surface area contributed by atoms with Crippen molar-refractivity contribution in [1.82, 2.24) is 0 Å². The Morgan fingerprint density at radius 3 is 2.45 bits per heavy atom. The molecule has 0 atom stereocenters. The molecule has 4 heteroatoms. The number of carbonyl (C=O) groups excluding carboxylic acids is 1. The minimum absolute atomic E-state index is 0. The standard InChI is InChI=1S/C7H10O3.Zn/c1-4-7(8)10-5-9-6(2)3;/h4H,1-2,5H2,3H3;. The number of hydrogen-bond acceptors (Lipinski definition) is 3. The smallest absolute Gasteiger partial charge is 0.333 e. The predicted molar refractivity (Wildman–Crippen MR) is 37.1 cm³/mol. The van der Waals surface area contributed by atoms with Gasteiger partial charge in [-0.3, -0.25) is 0 Å². The Labute approximate surface area is 78.8 Å². The maximum atomic E-state index is 10.3. The Balaban J connectivity index is 0. The van der Waals surface area contributed by atoms with E-state index in [2.05, 4.69) is 17.9 Å². The Morgan fingerprint density at radius 1 is 1.55 bits per heavy atom. The Hall–Kier alpha value is -0.627. The molecule has 0 aromatic carbocycles. The number of hydrogen-bond donors (Lipinski definition) is 0. The summed E-state index contributed by atoms with van der Waals surface area (Å²) >= 11 is 0. The largest absolute Gasteiger partial charge is 0.463 e. The van der Waals surface area contributed by atoms with Gasteiger partial charge >= 0.3 is 5.97 Å². The van der Waals surface area contributed by atoms with Gasteiger partial charge in [0.15, 0.2) is 0 Å². The molecule has 0 aliphatic heterocycles. The zero-order valence-electron chi connectivity index (χ0n) is 6.63. The quantitative estimate of drug-likeness (QED) is 0.229. The van der Waals surface area contributed by atoms with Crippen LogP contribution < -0.4 is 0 Å². The van der Waals surface area contributed by atoms with Gasteiger partial charge in [0.2, 0.25) is 6.79 Å². The van der Waals surface area contributed by atoms with Crippen LogP contribution in [0.1, 0.15) is 6.92 Å². The van der Waals surface area contributed by atoms with Gasteiger partial charge in [-0.1, -0.05) is 13.2 Å². The summed E-state index contributed by atoms with van der Waals surface area (Å²) in [5, 5.41) is 0. The van der Waals surface area contributed by atoms with Gasteiger partial charge in [-0.2, -0.15) is 0 Å². The van der Waals surface area contributed by atoms with E-state index in [4.69, 9.17) is 4.74 Å². The van der Waals surface area contributed by atoms with Gasteiger partial charge in [0.05, 0.1) is 5.76 Å². The summed E-state index contributed by atoms with van der Waals surface area (Å²) in [5.74, 6) is 0.0121. The van der Waals surface area contributed by atoms with E-state index in [1.165, 1.54) is 0 Å². The van der Waals surface area contributed by atoms with Crippen molar-refractivity contribution in [3.05, 3.63) is 25.0 Å². The van der Waals surface area contributed by atoms with Crippen molar-refractivity contribution in [3.8, 4) is 0 Å². The molecule has 0 heterocycles. The number of allylic oxidation sites excluding steroid dienone is 1. The summed E-state index contributed by atoms with van der Waals surface area (Å²) in [6.45, 7) is 8.22. The third kappa shape index (κ3) is 9.37. The normalized spacial score (nSPS) is 7.36. The van der Waals surface area contributed by atoms with Crippen LogP contribution in [0.3, 0.4) is 0 Å². The topological polar surface area (TPSA) is 35.5 Å². The van der Waals surface area contributed by atoms with Crippen LogP contribution >= 0.6 is 0 Å². The molecule has 0 radical (unpaired) electrons. The number of ether oxygens (including phenoxy) is 2. The molecular formula is C7H10O3Zn. The molecule has 0 unspecified atom stereocenters. The van der Waals surface area contributed by atoms with E-state index in [9.17, 15) is 4.79 Å². The van der Waals surface area contributed by atoms with E-state index in [0.717, 1.165) is 6.08 Å². The van der Waals surface area contributed by atoms with Gasteiger partial charge in [-0.15, -0.1) is 0 Å². The number of rotatable bonds is 4. The van der Waals surface area contributed by atoms with Gasteiger partial charge < -0.3 is 9.47 Å². The van der Waals surface area contributed by atoms with Crippen LogP contribution in [0.25, 0.3) is 0 Å². The monoisotopic (exact) mass is 206 g/mol. The van der Waals surface area contributed by atoms with Gasteiger partial charge in [-0.05, 0) is 6.92 Å². The van der Waals surface area contributed by atoms with Crippen molar-refractivity contribution in [2.45, 2.75) is 6.92 Å². The third-order valence-corrected chi connectivity index (χ3v) is 0.673. The van der Waals surface area contributed by atoms with Crippen molar-refractivity contribution < 1.29 is 33.7 Å². The van der Waals surface area contributed by atoms with Gasteiger partial charge in [0.25, 0.3) is 0 Å². The first-order valence-corrected chi connectivity index (χ1v) is 2.74. The summed E-state index contributed by atoms with van der Waals surface area (Å²) in [6.07, 6.45) is 1.07. The fraction of sp³-hybridized carbons (Fsp3) is 0.286. The SMILES string of the molecule is C=CC(=O)OCOC(=C)C.[Zn]. The van der Waals surface area contributed by atoms with Crippen molar-refractivity contribution in [2.75, 3.05) is 6.79 Å². The zero-order valence-corrected chi connectivity index (χ0v) is 9.60. The summed E-state index contributed by atoms with van der Waals surface area (Å²) in [5.41, 5.74) is 0. The van der Waals surface area contributed by atoms with Crippen LogP contribution in [0.5, 0.6) is 0 Å². The van der Waals surface area contributed by atoms with Crippen molar-refractivity contribution in [2.24, 2.45) is 0 Å². The summed E-state index contributed by atoms with van der Waals surface area (Å²) in [7, 11) is 0. The number of esters is 1. The molecule has 0 saturated heterocycles. The minimum atomic E-state index is -0.499. The summed E-state index contributed by atoms with van der Waals surface area (Å²) < 4.78 is 9.19. The number of carbonyl (C=O) groups is 1. The fourth-order valence-corrected chi connectivity index (χ4v) is 0.247. The Bertz CT molecular complexity index is 154. The van der Waals surface area contributed by atoms with Gasteiger partial charge in [0.1, 0.15) is 0 Å². The molecule has 0 saturated carbocycles. The molecule has 3 nitrogen and oxygen atoms in total. The van der Waals surface area contributed by atoms with Crippen LogP contribution in [-0.4, -0.2) is 12.8 Å². The predicted octanol–water partition coefficient (Wildman–Crippen LogP) is 1.22. The molecule has 58 valence electrons. The van der Waals surface area contributed by atoms with E-state index < -0.39 is 5.97 Å². The van der Waals surface area contributed by atoms with Gasteiger partial charge in [-0.25, -0.2) is 4.79 Å². The van der Waals surface area contributed by atoms with E-state index in [0.29, 0.717) is 5.76 Å². The molecule has 0 aliphatic rings. The molecule has 0 aliphatic carbocycles. The first kappa shape index (κ1) is 13.0. The van der Waals surface area contributed by atoms with Crippen molar-refractivity contribution in [3.63, 3.8) is 0 Å². The molecule has 0 fully saturated rings. The Kier molecular flexibility index (Phi) is 8.84. The zero-order chi connectivity index (χ0) is 7.98. The van der Waals surface area contributed by atoms with Crippen LogP contribution in [-0.2, 0) is 33.7 Å². The molecule has 0 N–H and O–H groups in total. The second kappa shape index (κ2) is 7.48. The van der Waals surface area contributed by atoms with Gasteiger partial charge in [0, 0.05) is 25.6 Å². The maximum Gasteiger partial charge on any atom is 0.333 e. The molecule has 0 amide bonds. The second-order valence-electron chi connectivity index (χ2n) is 1.63. The van der Waals surface area contributed by atoms with Crippen molar-refractivity contribution >= 4 is 5.97 Å². The molecule has 0 spiro atoms. The van der Waals surface area contributed by atoms with E-state index in [1.807, 2.05) is 0 Å². The summed E-state index contributed by atoms with van der Waals surface area (Å²) in [4.78, 5) is 10.3. The average molecular weight is 208 g/mol. The molecule has 0 bridgehead atoms. The first-order chi connectivity index (χ1) is 4.66. The third-order valence-electron chi connectivity index (χ3n) is 0.673. The van der Waals surface area contributed by atoms with Crippen LogP contribution in [0.2, 0.25) is 0 Å². The first-order valence-electron chi connectivity index (χ1n) is 2.74. The second-order valence-corrected chi connectivity index (χ2v) is 1.63. The molecule has 0 aromatic rings. The van der Waals surface area contributed by atoms with Crippen LogP contribution in [0.4, 0.5) is 0 Å². The Morgan fingerprint density at radius 2 is 2.09 bits per heavy atom. The average Bonchev–Trinajstić information content (AvgIpc) is 1.87. The minimum Gasteiger partial charge on any atom is -0.463 e. The summed E-state index contributed by atoms with van der Waals surface area (Å²) in [6, 6.07) is 0. The molecule has 0 aromatic heterocycles. The van der Waals surface area contributed by atoms with Crippen LogP contribution in [0.15, 0.2) is 25.0 Å². The molecule has 0 rings (SSSR count). The van der Waals surface area contributed by atoms with Crippen LogP contribution in [0, 0.1) is 0 Å². The van der Waals surface area contributed by atoms with E-state index in [-0.39, 0.29) is 26.3 Å². The van der Waals surface area contributed by atoms with Crippen molar-refractivity contribution in [1.29, 1.82) is 0 Å². The van der Waals surface area contributed by atoms with E-state index >= 15 is 0 Å². The molecular weight excluding hydrogens is 197 g/mol. The van der Waals surface area contributed by atoms with E-state index in [1.54, 1.807) is 6.92 Å². The molecule has 11 heavy (non-hydrogen) atoms.